The number of aromatic nitrogens is 1. The van der Waals surface area contributed by atoms with E-state index >= 15 is 0 Å². The van der Waals surface area contributed by atoms with Crippen LogP contribution in [0.15, 0.2) is 18.2 Å². The van der Waals surface area contributed by atoms with Gasteiger partial charge in [-0.05, 0) is 37.0 Å². The first-order valence-corrected chi connectivity index (χ1v) is 8.07. The van der Waals surface area contributed by atoms with Gasteiger partial charge in [0, 0.05) is 23.2 Å². The van der Waals surface area contributed by atoms with Crippen LogP contribution in [0.2, 0.25) is 0 Å². The van der Waals surface area contributed by atoms with Crippen molar-refractivity contribution in [2.45, 2.75) is 32.1 Å². The molecule has 0 saturated heterocycles. The van der Waals surface area contributed by atoms with Crippen molar-refractivity contribution in [3.8, 4) is 0 Å². The van der Waals surface area contributed by atoms with E-state index < -0.39 is 0 Å². The number of fused-ring (bicyclic) bond motifs is 1. The van der Waals surface area contributed by atoms with E-state index in [2.05, 4.69) is 9.72 Å². The number of carbonyl (C=O) groups excluding carboxylic acids is 2. The Morgan fingerprint density at radius 3 is 2.74 bits per heavy atom. The number of ether oxygens (including phenoxy) is 2. The van der Waals surface area contributed by atoms with Gasteiger partial charge in [-0.2, -0.15) is 0 Å². The van der Waals surface area contributed by atoms with Gasteiger partial charge in [0.2, 0.25) is 0 Å². The number of halogens is 1. The summed E-state index contributed by atoms with van der Waals surface area (Å²) in [7, 11) is 1.37. The topological polar surface area (TPSA) is 68.4 Å². The average molecular weight is 338 g/mol. The van der Waals surface area contributed by atoms with Gasteiger partial charge in [-0.3, -0.25) is 4.79 Å². The molecule has 0 atom stereocenters. The molecule has 6 heteroatoms. The summed E-state index contributed by atoms with van der Waals surface area (Å²) < 4.78 is 9.77. The second-order valence-corrected chi connectivity index (χ2v) is 5.41. The van der Waals surface area contributed by atoms with Crippen LogP contribution in [0.25, 0.3) is 10.9 Å². The Morgan fingerprint density at radius 1 is 1.30 bits per heavy atom. The highest BCUT2D eigenvalue weighted by atomic mass is 35.5. The zero-order valence-corrected chi connectivity index (χ0v) is 14.0. The summed E-state index contributed by atoms with van der Waals surface area (Å²) in [6, 6.07) is 5.80. The summed E-state index contributed by atoms with van der Waals surface area (Å²) in [6.45, 7) is 2.08. The molecule has 0 aliphatic carbocycles. The molecular formula is C17H20ClNO4. The van der Waals surface area contributed by atoms with Crippen LogP contribution in [-0.4, -0.2) is 30.6 Å². The van der Waals surface area contributed by atoms with Crippen molar-refractivity contribution in [3.05, 3.63) is 35.0 Å². The molecule has 0 spiro atoms. The van der Waals surface area contributed by atoms with E-state index in [0.717, 1.165) is 22.0 Å². The number of aryl methyl sites for hydroxylation is 1. The number of methoxy groups -OCH3 is 1. The molecule has 1 aromatic carbocycles. The van der Waals surface area contributed by atoms with E-state index in [9.17, 15) is 9.59 Å². The molecule has 0 radical (unpaired) electrons. The molecule has 1 heterocycles. The number of nitrogens with one attached hydrogen (secondary N) is 1. The van der Waals surface area contributed by atoms with Crippen molar-refractivity contribution in [2.24, 2.45) is 0 Å². The van der Waals surface area contributed by atoms with Crippen LogP contribution < -0.4 is 0 Å². The maximum atomic E-state index is 12.2. The van der Waals surface area contributed by atoms with E-state index in [1.165, 1.54) is 7.11 Å². The molecule has 2 aromatic rings. The second kappa shape index (κ2) is 8.02. The maximum Gasteiger partial charge on any atom is 0.355 e. The van der Waals surface area contributed by atoms with E-state index in [1.807, 2.05) is 18.2 Å². The molecule has 1 N–H and O–H groups in total. The van der Waals surface area contributed by atoms with Gasteiger partial charge < -0.3 is 14.5 Å². The fourth-order valence-corrected chi connectivity index (χ4v) is 2.70. The van der Waals surface area contributed by atoms with Gasteiger partial charge in [0.05, 0.1) is 13.7 Å². The van der Waals surface area contributed by atoms with Crippen LogP contribution in [0, 0.1) is 0 Å². The number of H-pyrrole nitrogens is 1. The smallest absolute Gasteiger partial charge is 0.355 e. The van der Waals surface area contributed by atoms with Gasteiger partial charge in [-0.25, -0.2) is 4.79 Å². The molecule has 0 unspecified atom stereocenters. The number of alkyl halides is 1. The fourth-order valence-electron chi connectivity index (χ4n) is 2.53. The Labute approximate surface area is 139 Å². The van der Waals surface area contributed by atoms with Crippen LogP contribution in [0.1, 0.15) is 41.4 Å². The number of benzene rings is 1. The average Bonchev–Trinajstić information content (AvgIpc) is 2.92. The molecule has 0 saturated carbocycles. The largest absolute Gasteiger partial charge is 0.469 e. The summed E-state index contributed by atoms with van der Waals surface area (Å²) in [6.07, 6.45) is 1.50. The van der Waals surface area contributed by atoms with E-state index in [0.29, 0.717) is 37.4 Å². The van der Waals surface area contributed by atoms with Crippen LogP contribution in [0.5, 0.6) is 0 Å². The van der Waals surface area contributed by atoms with E-state index in [1.54, 1.807) is 6.92 Å². The first-order chi connectivity index (χ1) is 11.1. The highest BCUT2D eigenvalue weighted by Crippen LogP contribution is 2.26. The van der Waals surface area contributed by atoms with Crippen LogP contribution in [0.4, 0.5) is 0 Å². The molecule has 124 valence electrons. The lowest BCUT2D eigenvalue weighted by molar-refractivity contribution is -0.140. The minimum Gasteiger partial charge on any atom is -0.469 e. The molecule has 0 amide bonds. The number of carbonyl (C=O) groups is 2. The summed E-state index contributed by atoms with van der Waals surface area (Å²) in [4.78, 5) is 26.6. The lowest BCUT2D eigenvalue weighted by atomic mass is 10.0. The van der Waals surface area contributed by atoms with Gasteiger partial charge >= 0.3 is 11.9 Å². The minimum atomic E-state index is -0.385. The second-order valence-electron chi connectivity index (χ2n) is 5.14. The summed E-state index contributed by atoms with van der Waals surface area (Å²) in [5, 5.41) is 0.951. The molecule has 23 heavy (non-hydrogen) atoms. The molecule has 0 fully saturated rings. The molecule has 1 aromatic heterocycles. The fraction of sp³-hybridized carbons (Fsp3) is 0.412. The van der Waals surface area contributed by atoms with Crippen molar-refractivity contribution in [3.63, 3.8) is 0 Å². The third kappa shape index (κ3) is 4.05. The lowest BCUT2D eigenvalue weighted by Crippen LogP contribution is -2.08. The number of aromatic amines is 1. The monoisotopic (exact) mass is 337 g/mol. The minimum absolute atomic E-state index is 0.257. The zero-order valence-electron chi connectivity index (χ0n) is 13.3. The van der Waals surface area contributed by atoms with Crippen molar-refractivity contribution >= 4 is 34.4 Å². The molecule has 5 nitrogen and oxygen atoms in total. The Hall–Kier alpha value is -2.01. The Morgan fingerprint density at radius 2 is 2.09 bits per heavy atom. The van der Waals surface area contributed by atoms with Crippen LogP contribution in [-0.2, 0) is 26.6 Å². The SMILES string of the molecule is CCOC(=O)c1[nH]c2cc(CCl)ccc2c1CCCC(=O)OC. The predicted octanol–water partition coefficient (Wildman–Crippen LogP) is 3.58. The lowest BCUT2D eigenvalue weighted by Gasteiger charge is -2.04. The van der Waals surface area contributed by atoms with Crippen molar-refractivity contribution in [1.29, 1.82) is 0 Å². The molecular weight excluding hydrogens is 318 g/mol. The Balaban J connectivity index is 2.34. The van der Waals surface area contributed by atoms with Crippen LogP contribution in [0.3, 0.4) is 0 Å². The van der Waals surface area contributed by atoms with E-state index in [4.69, 9.17) is 16.3 Å². The normalized spacial score (nSPS) is 10.7. The molecule has 0 aliphatic heterocycles. The number of rotatable bonds is 7. The standard InChI is InChI=1S/C17H20ClNO4/c1-3-23-17(21)16-13(5-4-6-15(20)22-2)12-8-7-11(10-18)9-14(12)19-16/h7-9,19H,3-6,10H2,1-2H3. The van der Waals surface area contributed by atoms with E-state index in [-0.39, 0.29) is 11.9 Å². The molecule has 0 bridgehead atoms. The van der Waals surface area contributed by atoms with Gasteiger partial charge in [0.15, 0.2) is 0 Å². The summed E-state index contributed by atoms with van der Waals surface area (Å²) >= 11 is 5.86. The van der Waals surface area contributed by atoms with Crippen molar-refractivity contribution < 1.29 is 19.1 Å². The summed E-state index contributed by atoms with van der Waals surface area (Å²) in [5.41, 5.74) is 3.12. The Kier molecular flexibility index (Phi) is 6.04. The molecule has 0 aliphatic rings. The number of esters is 2. The maximum absolute atomic E-state index is 12.2. The summed E-state index contributed by atoms with van der Waals surface area (Å²) in [5.74, 6) is -0.238. The number of hydrogen-bond donors (Lipinski definition) is 1. The zero-order chi connectivity index (χ0) is 16.8. The third-order valence-electron chi connectivity index (χ3n) is 3.64. The molecule has 2 rings (SSSR count). The van der Waals surface area contributed by atoms with Crippen LogP contribution >= 0.6 is 11.6 Å². The van der Waals surface area contributed by atoms with Gasteiger partial charge in [0.25, 0.3) is 0 Å². The Bertz CT molecular complexity index is 708. The highest BCUT2D eigenvalue weighted by Gasteiger charge is 2.19. The van der Waals surface area contributed by atoms with Gasteiger partial charge in [0.1, 0.15) is 5.69 Å². The quantitative estimate of drug-likeness (QED) is 0.619. The first kappa shape index (κ1) is 17.3. The predicted molar refractivity (Wildman–Crippen MR) is 88.8 cm³/mol. The first-order valence-electron chi connectivity index (χ1n) is 7.54. The van der Waals surface area contributed by atoms with Gasteiger partial charge in [-0.15, -0.1) is 11.6 Å². The van der Waals surface area contributed by atoms with Crippen molar-refractivity contribution in [2.75, 3.05) is 13.7 Å². The van der Waals surface area contributed by atoms with Crippen molar-refractivity contribution in [1.82, 2.24) is 4.98 Å². The van der Waals surface area contributed by atoms with Gasteiger partial charge in [-0.1, -0.05) is 12.1 Å². The third-order valence-corrected chi connectivity index (χ3v) is 3.95. The number of hydrogen-bond acceptors (Lipinski definition) is 4. The highest BCUT2D eigenvalue weighted by molar-refractivity contribution is 6.17.